The Hall–Kier alpha value is -1.02. The Morgan fingerprint density at radius 2 is 1.93 bits per heavy atom. The van der Waals surface area contributed by atoms with Crippen molar-refractivity contribution in [1.29, 1.82) is 0 Å². The first-order valence-corrected chi connectivity index (χ1v) is 5.39. The van der Waals surface area contributed by atoms with Crippen LogP contribution < -0.4 is 4.90 Å². The van der Waals surface area contributed by atoms with E-state index in [-0.39, 0.29) is 0 Å². The molecule has 0 atom stereocenters. The van der Waals surface area contributed by atoms with Gasteiger partial charge in [0.25, 0.3) is 0 Å². The molecule has 0 N–H and O–H groups in total. The van der Waals surface area contributed by atoms with Crippen molar-refractivity contribution in [3.63, 3.8) is 0 Å². The van der Waals surface area contributed by atoms with Crippen LogP contribution in [0.15, 0.2) is 18.2 Å². The average molecular weight is 188 g/mol. The minimum atomic E-state index is 1.11. The summed E-state index contributed by atoms with van der Waals surface area (Å²) in [7, 11) is 2.21. The van der Waals surface area contributed by atoms with Crippen LogP contribution >= 0.6 is 0 Å². The van der Waals surface area contributed by atoms with Crippen LogP contribution in [0.2, 0.25) is 0 Å². The number of para-hydroxylation sites is 1. The molecule has 0 saturated carbocycles. The molecular weight excluding hydrogens is 172 g/mol. The third kappa shape index (κ3) is 1.14. The van der Waals surface area contributed by atoms with E-state index in [1.165, 1.54) is 37.3 Å². The van der Waals surface area contributed by atoms with Gasteiger partial charge in [-0.1, -0.05) is 18.2 Å². The van der Waals surface area contributed by atoms with Crippen LogP contribution in [-0.2, 0) is 13.0 Å². The number of hydrogen-bond donors (Lipinski definition) is 0. The Bertz CT molecular complexity index is 359. The van der Waals surface area contributed by atoms with E-state index in [0.717, 1.165) is 6.54 Å². The highest BCUT2D eigenvalue weighted by molar-refractivity contribution is 5.63. The molecule has 0 spiro atoms. The molecule has 1 aromatic carbocycles. The minimum Gasteiger partial charge on any atom is -0.369 e. The molecule has 0 bridgehead atoms. The first kappa shape index (κ1) is 8.30. The van der Waals surface area contributed by atoms with Crippen molar-refractivity contribution in [3.05, 3.63) is 29.3 Å². The summed E-state index contributed by atoms with van der Waals surface area (Å²) in [5, 5.41) is 0. The summed E-state index contributed by atoms with van der Waals surface area (Å²) >= 11 is 0. The standard InChI is InChI=1S/C12H16N2/c1-13-7-8-14-6-5-10-3-2-4-11(9-13)12(10)14/h2-4H,5-9H2,1H3. The molecule has 2 heteroatoms. The molecule has 14 heavy (non-hydrogen) atoms. The number of benzene rings is 1. The van der Waals surface area contributed by atoms with Gasteiger partial charge in [0.1, 0.15) is 0 Å². The van der Waals surface area contributed by atoms with Gasteiger partial charge in [-0.05, 0) is 24.6 Å². The third-order valence-electron chi connectivity index (χ3n) is 3.36. The molecule has 0 amide bonds. The SMILES string of the molecule is CN1CCN2CCc3cccc(c32)C1. The number of likely N-dealkylation sites (N-methyl/N-ethyl adjacent to an activating group) is 1. The first-order valence-electron chi connectivity index (χ1n) is 5.39. The van der Waals surface area contributed by atoms with E-state index in [1.54, 1.807) is 5.56 Å². The fraction of sp³-hybridized carbons (Fsp3) is 0.500. The summed E-state index contributed by atoms with van der Waals surface area (Å²) < 4.78 is 0. The van der Waals surface area contributed by atoms with Crippen molar-refractivity contribution in [1.82, 2.24) is 4.90 Å². The van der Waals surface area contributed by atoms with Crippen LogP contribution in [0.5, 0.6) is 0 Å². The number of hydrogen-bond acceptors (Lipinski definition) is 2. The van der Waals surface area contributed by atoms with Gasteiger partial charge < -0.3 is 9.80 Å². The number of nitrogens with zero attached hydrogens (tertiary/aromatic N) is 2. The van der Waals surface area contributed by atoms with Crippen molar-refractivity contribution >= 4 is 5.69 Å². The lowest BCUT2D eigenvalue weighted by Crippen LogP contribution is -2.28. The predicted molar refractivity (Wildman–Crippen MR) is 58.7 cm³/mol. The molecule has 0 aliphatic carbocycles. The van der Waals surface area contributed by atoms with E-state index in [9.17, 15) is 0 Å². The second kappa shape index (κ2) is 2.99. The second-order valence-corrected chi connectivity index (χ2v) is 4.40. The van der Waals surface area contributed by atoms with Gasteiger partial charge in [0.2, 0.25) is 0 Å². The maximum atomic E-state index is 2.55. The van der Waals surface area contributed by atoms with Gasteiger partial charge in [0.05, 0.1) is 0 Å². The van der Waals surface area contributed by atoms with Crippen LogP contribution in [0.3, 0.4) is 0 Å². The molecule has 0 unspecified atom stereocenters. The van der Waals surface area contributed by atoms with Gasteiger partial charge in [0.15, 0.2) is 0 Å². The molecule has 0 fully saturated rings. The van der Waals surface area contributed by atoms with Gasteiger partial charge in [0, 0.05) is 31.9 Å². The summed E-state index contributed by atoms with van der Waals surface area (Å²) in [4.78, 5) is 4.96. The average Bonchev–Trinajstić information content (AvgIpc) is 2.51. The van der Waals surface area contributed by atoms with Crippen LogP contribution in [0.4, 0.5) is 5.69 Å². The lowest BCUT2D eigenvalue weighted by molar-refractivity contribution is 0.341. The number of anilines is 1. The molecule has 2 nitrogen and oxygen atoms in total. The van der Waals surface area contributed by atoms with Crippen LogP contribution in [-0.4, -0.2) is 31.6 Å². The lowest BCUT2D eigenvalue weighted by atomic mass is 10.1. The van der Waals surface area contributed by atoms with E-state index in [2.05, 4.69) is 35.0 Å². The monoisotopic (exact) mass is 188 g/mol. The van der Waals surface area contributed by atoms with Crippen molar-refractivity contribution < 1.29 is 0 Å². The summed E-state index contributed by atoms with van der Waals surface area (Å²) in [6.07, 6.45) is 1.24. The van der Waals surface area contributed by atoms with E-state index >= 15 is 0 Å². The molecule has 1 aromatic rings. The molecule has 0 aromatic heterocycles. The fourth-order valence-electron chi connectivity index (χ4n) is 2.63. The maximum absolute atomic E-state index is 2.55. The third-order valence-corrected chi connectivity index (χ3v) is 3.36. The lowest BCUT2D eigenvalue weighted by Gasteiger charge is -2.18. The van der Waals surface area contributed by atoms with Crippen LogP contribution in [0.1, 0.15) is 11.1 Å². The summed E-state index contributed by atoms with van der Waals surface area (Å²) in [6, 6.07) is 6.76. The van der Waals surface area contributed by atoms with Crippen molar-refractivity contribution in [3.8, 4) is 0 Å². The Morgan fingerprint density at radius 1 is 1.07 bits per heavy atom. The number of rotatable bonds is 0. The largest absolute Gasteiger partial charge is 0.369 e. The molecule has 2 heterocycles. The van der Waals surface area contributed by atoms with Gasteiger partial charge in [-0.25, -0.2) is 0 Å². The van der Waals surface area contributed by atoms with Gasteiger partial charge in [-0.15, -0.1) is 0 Å². The molecule has 74 valence electrons. The van der Waals surface area contributed by atoms with Gasteiger partial charge in [-0.3, -0.25) is 0 Å². The topological polar surface area (TPSA) is 6.48 Å². The maximum Gasteiger partial charge on any atom is 0.0445 e. The zero-order valence-corrected chi connectivity index (χ0v) is 8.66. The molecule has 0 saturated heterocycles. The Balaban J connectivity index is 2.12. The summed E-state index contributed by atoms with van der Waals surface area (Å²) in [6.45, 7) is 4.72. The summed E-state index contributed by atoms with van der Waals surface area (Å²) in [5.41, 5.74) is 4.61. The smallest absolute Gasteiger partial charge is 0.0445 e. The van der Waals surface area contributed by atoms with Gasteiger partial charge >= 0.3 is 0 Å². The molecular formula is C12H16N2. The summed E-state index contributed by atoms with van der Waals surface area (Å²) in [5.74, 6) is 0. The molecule has 2 aliphatic heterocycles. The quantitative estimate of drug-likeness (QED) is 0.608. The first-order chi connectivity index (χ1) is 6.84. The normalized spacial score (nSPS) is 20.8. The second-order valence-electron chi connectivity index (χ2n) is 4.40. The Kier molecular flexibility index (Phi) is 1.77. The Labute approximate surface area is 85.1 Å². The molecule has 2 aliphatic rings. The zero-order chi connectivity index (χ0) is 9.54. The van der Waals surface area contributed by atoms with E-state index in [4.69, 9.17) is 0 Å². The van der Waals surface area contributed by atoms with Crippen molar-refractivity contribution in [2.75, 3.05) is 31.6 Å². The molecule has 0 radical (unpaired) electrons. The minimum absolute atomic E-state index is 1.11. The van der Waals surface area contributed by atoms with Crippen molar-refractivity contribution in [2.45, 2.75) is 13.0 Å². The Morgan fingerprint density at radius 3 is 2.86 bits per heavy atom. The van der Waals surface area contributed by atoms with E-state index in [0.29, 0.717) is 0 Å². The highest BCUT2D eigenvalue weighted by Crippen LogP contribution is 2.33. The fourth-order valence-corrected chi connectivity index (χ4v) is 2.63. The molecule has 3 rings (SSSR count). The highest BCUT2D eigenvalue weighted by Gasteiger charge is 2.24. The highest BCUT2D eigenvalue weighted by atomic mass is 15.2. The predicted octanol–water partition coefficient (Wildman–Crippen LogP) is 1.49. The van der Waals surface area contributed by atoms with Crippen LogP contribution in [0, 0.1) is 0 Å². The van der Waals surface area contributed by atoms with E-state index in [1.807, 2.05) is 0 Å². The van der Waals surface area contributed by atoms with Crippen molar-refractivity contribution in [2.24, 2.45) is 0 Å². The van der Waals surface area contributed by atoms with E-state index < -0.39 is 0 Å². The van der Waals surface area contributed by atoms with Crippen LogP contribution in [0.25, 0.3) is 0 Å². The van der Waals surface area contributed by atoms with Gasteiger partial charge in [-0.2, -0.15) is 0 Å². The zero-order valence-electron chi connectivity index (χ0n) is 8.66.